The van der Waals surface area contributed by atoms with E-state index in [0.29, 0.717) is 22.3 Å². The average molecular weight is 544 g/mol. The summed E-state index contributed by atoms with van der Waals surface area (Å²) in [4.78, 5) is 43.3. The zero-order valence-electron chi connectivity index (χ0n) is 23.3. The number of carbonyl (C=O) groups is 2. The number of aromatic amines is 1. The summed E-state index contributed by atoms with van der Waals surface area (Å²) < 4.78 is 0. The largest absolute Gasteiger partial charge is 0.391 e. The number of imidazole rings is 1. The lowest BCUT2D eigenvalue weighted by Crippen LogP contribution is -2.51. The molecule has 1 saturated heterocycles. The Morgan fingerprint density at radius 2 is 1.90 bits per heavy atom. The van der Waals surface area contributed by atoms with Gasteiger partial charge in [-0.1, -0.05) is 52.2 Å². The lowest BCUT2D eigenvalue weighted by molar-refractivity contribution is -0.128. The normalized spacial score (nSPS) is 20.7. The van der Waals surface area contributed by atoms with Gasteiger partial charge in [0.1, 0.15) is 12.1 Å². The van der Waals surface area contributed by atoms with Crippen LogP contribution in [0, 0.1) is 11.5 Å². The predicted octanol–water partition coefficient (Wildman–Crippen LogP) is 3.69. The van der Waals surface area contributed by atoms with E-state index >= 15 is 0 Å². The number of pyridine rings is 1. The average Bonchev–Trinajstić information content (AvgIpc) is 3.58. The van der Waals surface area contributed by atoms with Crippen molar-refractivity contribution < 1.29 is 14.7 Å². The number of aliphatic hydroxyl groups is 1. The molecule has 3 N–H and O–H groups in total. The lowest BCUT2D eigenvalue weighted by Gasteiger charge is -2.35. The molecular formula is C30H37N7O3. The number of rotatable bonds is 6. The zero-order chi connectivity index (χ0) is 28.4. The van der Waals surface area contributed by atoms with Gasteiger partial charge in [-0.3, -0.25) is 24.4 Å². The number of hydrogen-bond donors (Lipinski definition) is 3. The topological polar surface area (TPSA) is 138 Å². The van der Waals surface area contributed by atoms with Crippen LogP contribution in [0.1, 0.15) is 76.5 Å². The number of H-pyrrole nitrogens is 1. The molecule has 2 aliphatic rings. The standard InChI is InChI=1S/C30H37N7O3/c1-30(2,3)19-9-11-21(12-10-19)37(29(40)25-13-22(38)16-36(25)17-31)27(28(39)35-20-7-5-4-6-8-20)23-14-32-15-24-26(23)34-18-33-24/h9-12,14-15,18,20,22,25,27,38H,4-8,13,16H2,1-3H3,(H,33,34)(H,35,39). The molecule has 210 valence electrons. The van der Waals surface area contributed by atoms with Gasteiger partial charge in [0.25, 0.3) is 5.91 Å². The number of carbonyl (C=O) groups excluding carboxylic acids is 2. The van der Waals surface area contributed by atoms with Gasteiger partial charge in [0, 0.05) is 29.9 Å². The first kappa shape index (κ1) is 27.6. The first-order valence-electron chi connectivity index (χ1n) is 14.0. The molecule has 2 fully saturated rings. The molecule has 1 aliphatic carbocycles. The van der Waals surface area contributed by atoms with E-state index in [1.54, 1.807) is 18.7 Å². The molecule has 40 heavy (non-hydrogen) atoms. The van der Waals surface area contributed by atoms with Crippen LogP contribution in [-0.2, 0) is 15.0 Å². The summed E-state index contributed by atoms with van der Waals surface area (Å²) in [6.07, 6.45) is 11.1. The smallest absolute Gasteiger partial charge is 0.251 e. The number of aromatic nitrogens is 3. The van der Waals surface area contributed by atoms with Crippen molar-refractivity contribution in [1.29, 1.82) is 5.26 Å². The number of fused-ring (bicyclic) bond motifs is 1. The first-order valence-corrected chi connectivity index (χ1v) is 14.0. The maximum atomic E-state index is 14.4. The number of likely N-dealkylation sites (tertiary alicyclic amines) is 1. The van der Waals surface area contributed by atoms with E-state index in [1.807, 2.05) is 24.3 Å². The number of nitrogens with zero attached hydrogens (tertiary/aromatic N) is 5. The first-order chi connectivity index (χ1) is 19.2. The lowest BCUT2D eigenvalue weighted by atomic mass is 9.87. The minimum Gasteiger partial charge on any atom is -0.391 e. The van der Waals surface area contributed by atoms with Crippen LogP contribution in [0.3, 0.4) is 0 Å². The number of anilines is 1. The minimum atomic E-state index is -1.09. The monoisotopic (exact) mass is 543 g/mol. The highest BCUT2D eigenvalue weighted by Crippen LogP contribution is 2.35. The fourth-order valence-corrected chi connectivity index (χ4v) is 5.86. The van der Waals surface area contributed by atoms with Crippen LogP contribution in [0.15, 0.2) is 43.0 Å². The van der Waals surface area contributed by atoms with E-state index in [2.05, 4.69) is 47.2 Å². The van der Waals surface area contributed by atoms with E-state index in [1.165, 1.54) is 9.80 Å². The Hall–Kier alpha value is -3.97. The Kier molecular flexibility index (Phi) is 7.76. The zero-order valence-corrected chi connectivity index (χ0v) is 23.3. The molecule has 2 amide bonds. The van der Waals surface area contributed by atoms with Crippen molar-refractivity contribution in [3.63, 3.8) is 0 Å². The van der Waals surface area contributed by atoms with Crippen LogP contribution >= 0.6 is 0 Å². The highest BCUT2D eigenvalue weighted by Gasteiger charge is 2.43. The molecule has 10 heteroatoms. The van der Waals surface area contributed by atoms with Gasteiger partial charge in [0.15, 0.2) is 6.19 Å². The van der Waals surface area contributed by atoms with Crippen LogP contribution in [0.4, 0.5) is 5.69 Å². The highest BCUT2D eigenvalue weighted by atomic mass is 16.3. The molecule has 0 bridgehead atoms. The second kappa shape index (κ2) is 11.3. The van der Waals surface area contributed by atoms with Gasteiger partial charge >= 0.3 is 0 Å². The molecule has 3 unspecified atom stereocenters. The van der Waals surface area contributed by atoms with Gasteiger partial charge in [-0.05, 0) is 36.0 Å². The van der Waals surface area contributed by atoms with Crippen molar-refractivity contribution in [1.82, 2.24) is 25.2 Å². The summed E-state index contributed by atoms with van der Waals surface area (Å²) in [5.41, 5.74) is 3.18. The molecular weight excluding hydrogens is 506 g/mol. The van der Waals surface area contributed by atoms with Crippen LogP contribution in [0.2, 0.25) is 0 Å². The Balaban J connectivity index is 1.65. The van der Waals surface area contributed by atoms with Gasteiger partial charge in [-0.25, -0.2) is 4.98 Å². The number of nitriles is 1. The molecule has 3 atom stereocenters. The fraction of sp³-hybridized carbons (Fsp3) is 0.500. The van der Waals surface area contributed by atoms with Gasteiger partial charge in [0.2, 0.25) is 5.91 Å². The second-order valence-electron chi connectivity index (χ2n) is 11.9. The molecule has 10 nitrogen and oxygen atoms in total. The SMILES string of the molecule is CC(C)(C)c1ccc(N(C(=O)C2CC(O)CN2C#N)C(C(=O)NC2CCCCC2)c2cncc3[nH]cnc23)cc1. The number of benzene rings is 1. The third-order valence-electron chi connectivity index (χ3n) is 8.05. The summed E-state index contributed by atoms with van der Waals surface area (Å²) in [7, 11) is 0. The molecule has 5 rings (SSSR count). The van der Waals surface area contributed by atoms with Crippen molar-refractivity contribution in [2.24, 2.45) is 0 Å². The van der Waals surface area contributed by atoms with E-state index in [9.17, 15) is 20.0 Å². The predicted molar refractivity (Wildman–Crippen MR) is 151 cm³/mol. The van der Waals surface area contributed by atoms with E-state index in [4.69, 9.17) is 0 Å². The maximum absolute atomic E-state index is 14.4. The van der Waals surface area contributed by atoms with Crippen LogP contribution in [-0.4, -0.2) is 61.5 Å². The Labute approximate surface area is 234 Å². The van der Waals surface area contributed by atoms with Crippen molar-refractivity contribution in [3.05, 3.63) is 54.1 Å². The third kappa shape index (κ3) is 5.52. The van der Waals surface area contributed by atoms with E-state index in [-0.39, 0.29) is 30.3 Å². The second-order valence-corrected chi connectivity index (χ2v) is 11.9. The molecule has 3 aromatic rings. The van der Waals surface area contributed by atoms with Crippen molar-refractivity contribution in [2.75, 3.05) is 11.4 Å². The molecule has 1 saturated carbocycles. The van der Waals surface area contributed by atoms with Gasteiger partial charge in [0.05, 0.1) is 36.2 Å². The Morgan fingerprint density at radius 3 is 2.58 bits per heavy atom. The summed E-state index contributed by atoms with van der Waals surface area (Å²) in [5.74, 6) is -0.752. The molecule has 2 aromatic heterocycles. The molecule has 3 heterocycles. The summed E-state index contributed by atoms with van der Waals surface area (Å²) in [6.45, 7) is 6.40. The van der Waals surface area contributed by atoms with Gasteiger partial charge in [-0.15, -0.1) is 0 Å². The van der Waals surface area contributed by atoms with E-state index in [0.717, 1.165) is 37.7 Å². The van der Waals surface area contributed by atoms with Gasteiger partial charge < -0.3 is 15.4 Å². The summed E-state index contributed by atoms with van der Waals surface area (Å²) >= 11 is 0. The quantitative estimate of drug-likeness (QED) is 0.403. The number of β-amino-alcohol motifs (C(OH)–C–C–N with tert-alkyl or cyclic N) is 1. The van der Waals surface area contributed by atoms with Crippen LogP contribution in [0.5, 0.6) is 0 Å². The molecule has 0 spiro atoms. The Bertz CT molecular complexity index is 1400. The number of aliphatic hydroxyl groups excluding tert-OH is 1. The Morgan fingerprint density at radius 1 is 1.18 bits per heavy atom. The highest BCUT2D eigenvalue weighted by molar-refractivity contribution is 6.05. The maximum Gasteiger partial charge on any atom is 0.251 e. The van der Waals surface area contributed by atoms with Crippen LogP contribution in [0.25, 0.3) is 11.0 Å². The number of hydrogen-bond acceptors (Lipinski definition) is 7. The summed E-state index contributed by atoms with van der Waals surface area (Å²) in [6, 6.07) is 5.64. The number of nitrogens with one attached hydrogen (secondary N) is 2. The number of amides is 2. The molecule has 1 aliphatic heterocycles. The molecule has 1 aromatic carbocycles. The van der Waals surface area contributed by atoms with Gasteiger partial charge in [-0.2, -0.15) is 5.26 Å². The van der Waals surface area contributed by atoms with E-state index < -0.39 is 24.1 Å². The fourth-order valence-electron chi connectivity index (χ4n) is 5.86. The van der Waals surface area contributed by atoms with Crippen LogP contribution < -0.4 is 10.2 Å². The minimum absolute atomic E-state index is 0.0132. The third-order valence-corrected chi connectivity index (χ3v) is 8.05. The molecule has 0 radical (unpaired) electrons. The summed E-state index contributed by atoms with van der Waals surface area (Å²) in [5, 5.41) is 23.3. The van der Waals surface area contributed by atoms with Crippen molar-refractivity contribution in [2.45, 2.75) is 88.9 Å². The van der Waals surface area contributed by atoms with Crippen molar-refractivity contribution >= 4 is 28.5 Å². The van der Waals surface area contributed by atoms with Crippen molar-refractivity contribution in [3.8, 4) is 6.19 Å².